The van der Waals surface area contributed by atoms with Crippen molar-refractivity contribution >= 4 is 5.91 Å². The van der Waals surface area contributed by atoms with Gasteiger partial charge in [0, 0.05) is 5.56 Å². The lowest BCUT2D eigenvalue weighted by atomic mass is 10.0. The van der Waals surface area contributed by atoms with Crippen molar-refractivity contribution in [2.45, 2.75) is 40.7 Å². The van der Waals surface area contributed by atoms with Crippen molar-refractivity contribution in [2.24, 2.45) is 5.92 Å². The minimum absolute atomic E-state index is 0.0715. The molecule has 1 atom stereocenters. The molecule has 1 N–H and O–H groups in total. The summed E-state index contributed by atoms with van der Waals surface area (Å²) in [5.74, 6) is 1.77. The smallest absolute Gasteiger partial charge is 0.252 e. The zero-order valence-electron chi connectivity index (χ0n) is 16.6. The summed E-state index contributed by atoms with van der Waals surface area (Å²) in [6.45, 7) is 10.8. The monoisotopic (exact) mass is 355 g/mol. The quantitative estimate of drug-likeness (QED) is 0.773. The summed E-state index contributed by atoms with van der Waals surface area (Å²) in [5, 5.41) is 3.07. The second-order valence-electron chi connectivity index (χ2n) is 7.06. The highest BCUT2D eigenvalue weighted by Gasteiger charge is 2.16. The van der Waals surface area contributed by atoms with E-state index < -0.39 is 0 Å². The molecule has 26 heavy (non-hydrogen) atoms. The first-order chi connectivity index (χ1) is 12.3. The SMILES string of the molecule is COc1cc(C(C)NC(=O)c2cccc(C)c2C)ccc1OCC(C)C. The number of benzene rings is 2. The summed E-state index contributed by atoms with van der Waals surface area (Å²) in [5.41, 5.74) is 3.80. The first-order valence-electron chi connectivity index (χ1n) is 9.01. The van der Waals surface area contributed by atoms with Gasteiger partial charge >= 0.3 is 0 Å². The number of rotatable bonds is 7. The van der Waals surface area contributed by atoms with Gasteiger partial charge in [-0.1, -0.05) is 32.0 Å². The zero-order valence-corrected chi connectivity index (χ0v) is 16.6. The van der Waals surface area contributed by atoms with Crippen LogP contribution >= 0.6 is 0 Å². The molecule has 4 heteroatoms. The molecule has 2 rings (SSSR count). The minimum atomic E-state index is -0.143. The Bertz CT molecular complexity index is 768. The highest BCUT2D eigenvalue weighted by atomic mass is 16.5. The van der Waals surface area contributed by atoms with Crippen LogP contribution in [0.25, 0.3) is 0 Å². The van der Waals surface area contributed by atoms with E-state index in [2.05, 4.69) is 19.2 Å². The average molecular weight is 355 g/mol. The van der Waals surface area contributed by atoms with Crippen molar-refractivity contribution in [3.05, 3.63) is 58.7 Å². The van der Waals surface area contributed by atoms with E-state index >= 15 is 0 Å². The number of aryl methyl sites for hydroxylation is 1. The normalized spacial score (nSPS) is 12.0. The van der Waals surface area contributed by atoms with E-state index in [9.17, 15) is 4.79 Å². The van der Waals surface area contributed by atoms with Gasteiger partial charge in [0.1, 0.15) is 0 Å². The van der Waals surface area contributed by atoms with Crippen LogP contribution in [-0.2, 0) is 0 Å². The van der Waals surface area contributed by atoms with Gasteiger partial charge in [0.25, 0.3) is 5.91 Å². The van der Waals surface area contributed by atoms with Gasteiger partial charge in [0.15, 0.2) is 11.5 Å². The summed E-state index contributed by atoms with van der Waals surface area (Å²) in [4.78, 5) is 12.6. The Morgan fingerprint density at radius 3 is 2.46 bits per heavy atom. The summed E-state index contributed by atoms with van der Waals surface area (Å²) in [6, 6.07) is 11.4. The number of methoxy groups -OCH3 is 1. The number of amides is 1. The highest BCUT2D eigenvalue weighted by molar-refractivity contribution is 5.96. The molecule has 0 saturated carbocycles. The number of carbonyl (C=O) groups excluding carboxylic acids is 1. The van der Waals surface area contributed by atoms with Crippen molar-refractivity contribution in [3.8, 4) is 11.5 Å². The van der Waals surface area contributed by atoms with E-state index in [1.54, 1.807) is 7.11 Å². The molecule has 1 amide bonds. The maximum absolute atomic E-state index is 12.6. The van der Waals surface area contributed by atoms with Gasteiger partial charge in [0.05, 0.1) is 19.8 Å². The third-order valence-corrected chi connectivity index (χ3v) is 4.46. The fraction of sp³-hybridized carbons (Fsp3) is 0.409. The van der Waals surface area contributed by atoms with Gasteiger partial charge in [0.2, 0.25) is 0 Å². The molecule has 1 unspecified atom stereocenters. The van der Waals surface area contributed by atoms with Crippen molar-refractivity contribution in [1.29, 1.82) is 0 Å². The van der Waals surface area contributed by atoms with Crippen molar-refractivity contribution in [1.82, 2.24) is 5.32 Å². The molecule has 0 fully saturated rings. The van der Waals surface area contributed by atoms with E-state index in [0.29, 0.717) is 23.8 Å². The lowest BCUT2D eigenvalue weighted by molar-refractivity contribution is 0.0939. The molecule has 0 aromatic heterocycles. The molecule has 4 nitrogen and oxygen atoms in total. The van der Waals surface area contributed by atoms with E-state index in [-0.39, 0.29) is 11.9 Å². The Labute approximate surface area is 156 Å². The molecule has 0 aliphatic rings. The molecule has 0 aliphatic carbocycles. The van der Waals surface area contributed by atoms with Crippen LogP contribution in [0.2, 0.25) is 0 Å². The Balaban J connectivity index is 2.15. The van der Waals surface area contributed by atoms with Crippen LogP contribution in [0.15, 0.2) is 36.4 Å². The van der Waals surface area contributed by atoms with Crippen molar-refractivity contribution in [2.75, 3.05) is 13.7 Å². The molecular weight excluding hydrogens is 326 g/mol. The maximum atomic E-state index is 12.6. The summed E-state index contributed by atoms with van der Waals surface area (Å²) in [6.07, 6.45) is 0. The van der Waals surface area contributed by atoms with Gasteiger partial charge in [-0.15, -0.1) is 0 Å². The average Bonchev–Trinajstić information content (AvgIpc) is 2.61. The molecule has 0 saturated heterocycles. The summed E-state index contributed by atoms with van der Waals surface area (Å²) in [7, 11) is 1.63. The molecular formula is C22H29NO3. The largest absolute Gasteiger partial charge is 0.493 e. The Morgan fingerprint density at radius 1 is 1.08 bits per heavy atom. The Kier molecular flexibility index (Phi) is 6.67. The van der Waals surface area contributed by atoms with Crippen molar-refractivity contribution in [3.63, 3.8) is 0 Å². The molecule has 0 heterocycles. The number of hydrogen-bond donors (Lipinski definition) is 1. The topological polar surface area (TPSA) is 47.6 Å². The van der Waals surface area contributed by atoms with Gasteiger partial charge in [-0.05, 0) is 61.6 Å². The first-order valence-corrected chi connectivity index (χ1v) is 9.01. The standard InChI is InChI=1S/C22H29NO3/c1-14(2)13-26-20-11-10-18(12-21(20)25-6)17(5)23-22(24)19-9-7-8-15(3)16(19)4/h7-12,14,17H,13H2,1-6H3,(H,23,24). The summed E-state index contributed by atoms with van der Waals surface area (Å²) >= 11 is 0. The van der Waals surface area contributed by atoms with Gasteiger partial charge in [-0.3, -0.25) is 4.79 Å². The third-order valence-electron chi connectivity index (χ3n) is 4.46. The molecule has 0 spiro atoms. The van der Waals surface area contributed by atoms with Gasteiger partial charge < -0.3 is 14.8 Å². The zero-order chi connectivity index (χ0) is 19.3. The molecule has 0 bridgehead atoms. The van der Waals surface area contributed by atoms with Crippen LogP contribution in [0.5, 0.6) is 11.5 Å². The predicted octanol–water partition coefficient (Wildman–Crippen LogP) is 4.84. The Hall–Kier alpha value is -2.49. The minimum Gasteiger partial charge on any atom is -0.493 e. The van der Waals surface area contributed by atoms with Gasteiger partial charge in [-0.25, -0.2) is 0 Å². The fourth-order valence-corrected chi connectivity index (χ4v) is 2.68. The van der Waals surface area contributed by atoms with Crippen LogP contribution in [0.1, 0.15) is 53.9 Å². The highest BCUT2D eigenvalue weighted by Crippen LogP contribution is 2.30. The molecule has 0 radical (unpaired) electrons. The van der Waals surface area contributed by atoms with Crippen LogP contribution in [0.4, 0.5) is 0 Å². The van der Waals surface area contributed by atoms with Crippen LogP contribution in [-0.4, -0.2) is 19.6 Å². The predicted molar refractivity (Wildman–Crippen MR) is 105 cm³/mol. The molecule has 140 valence electrons. The molecule has 2 aromatic rings. The first kappa shape index (κ1) is 19.8. The molecule has 0 aliphatic heterocycles. The van der Waals surface area contributed by atoms with Crippen molar-refractivity contribution < 1.29 is 14.3 Å². The fourth-order valence-electron chi connectivity index (χ4n) is 2.68. The Morgan fingerprint density at radius 2 is 1.81 bits per heavy atom. The summed E-state index contributed by atoms with van der Waals surface area (Å²) < 4.78 is 11.2. The third kappa shape index (κ3) is 4.78. The number of carbonyl (C=O) groups is 1. The lowest BCUT2D eigenvalue weighted by Crippen LogP contribution is -2.27. The number of nitrogens with one attached hydrogen (secondary N) is 1. The second-order valence-corrected chi connectivity index (χ2v) is 7.06. The van der Waals surface area contributed by atoms with E-state index in [1.165, 1.54) is 0 Å². The van der Waals surface area contributed by atoms with Crippen LogP contribution in [0.3, 0.4) is 0 Å². The van der Waals surface area contributed by atoms with Gasteiger partial charge in [-0.2, -0.15) is 0 Å². The number of ether oxygens (including phenoxy) is 2. The van der Waals surface area contributed by atoms with E-state index in [0.717, 1.165) is 22.4 Å². The molecule has 2 aromatic carbocycles. The number of hydrogen-bond acceptors (Lipinski definition) is 3. The van der Waals surface area contributed by atoms with E-state index in [1.807, 2.05) is 57.2 Å². The van der Waals surface area contributed by atoms with E-state index in [4.69, 9.17) is 9.47 Å². The van der Waals surface area contributed by atoms with Crippen LogP contribution in [0, 0.1) is 19.8 Å². The lowest BCUT2D eigenvalue weighted by Gasteiger charge is -2.18. The second kappa shape index (κ2) is 8.75. The van der Waals surface area contributed by atoms with Crippen LogP contribution < -0.4 is 14.8 Å². The maximum Gasteiger partial charge on any atom is 0.252 e.